The molecule has 9 nitrogen and oxygen atoms in total. The predicted octanol–water partition coefficient (Wildman–Crippen LogP) is 1.04. The second-order valence-corrected chi connectivity index (χ2v) is 7.24. The number of carbonyl (C=O) groups excluding carboxylic acids is 1. The summed E-state index contributed by atoms with van der Waals surface area (Å²) >= 11 is 0. The topological polar surface area (TPSA) is 95.0 Å². The first-order valence-corrected chi connectivity index (χ1v) is 10.6. The molecule has 1 aliphatic rings. The van der Waals surface area contributed by atoms with E-state index in [1.165, 1.54) is 4.68 Å². The number of aromatic amines is 1. The summed E-state index contributed by atoms with van der Waals surface area (Å²) in [6, 6.07) is 9.20. The van der Waals surface area contributed by atoms with Gasteiger partial charge in [0, 0.05) is 18.8 Å². The van der Waals surface area contributed by atoms with Gasteiger partial charge in [0.15, 0.2) is 5.78 Å². The number of ketones is 1. The van der Waals surface area contributed by atoms with Crippen LogP contribution >= 0.6 is 0 Å². The van der Waals surface area contributed by atoms with Gasteiger partial charge in [-0.3, -0.25) is 19.6 Å². The van der Waals surface area contributed by atoms with Crippen LogP contribution in [0.25, 0.3) is 5.69 Å². The van der Waals surface area contributed by atoms with Crippen molar-refractivity contribution in [1.82, 2.24) is 14.7 Å². The van der Waals surface area contributed by atoms with E-state index in [1.54, 1.807) is 6.92 Å². The molecule has 2 heterocycles. The van der Waals surface area contributed by atoms with Crippen LogP contribution in [0.3, 0.4) is 0 Å². The highest BCUT2D eigenvalue weighted by atomic mass is 16.6. The van der Waals surface area contributed by atoms with Crippen molar-refractivity contribution in [3.63, 3.8) is 0 Å². The molecule has 1 aromatic heterocycles. The van der Waals surface area contributed by atoms with Crippen molar-refractivity contribution in [3.8, 4) is 5.69 Å². The fourth-order valence-electron chi connectivity index (χ4n) is 3.34. The molecule has 1 aliphatic heterocycles. The van der Waals surface area contributed by atoms with E-state index < -0.39 is 0 Å². The highest BCUT2D eigenvalue weighted by molar-refractivity contribution is 5.98. The average Bonchev–Trinajstić information content (AvgIpc) is 3.07. The van der Waals surface area contributed by atoms with Gasteiger partial charge < -0.3 is 18.9 Å². The van der Waals surface area contributed by atoms with Crippen molar-refractivity contribution in [1.29, 1.82) is 0 Å². The van der Waals surface area contributed by atoms with E-state index in [0.717, 1.165) is 0 Å². The molecule has 0 amide bonds. The minimum absolute atomic E-state index is 0.114. The zero-order valence-electron chi connectivity index (χ0n) is 18.0. The average molecular weight is 434 g/mol. The van der Waals surface area contributed by atoms with Crippen molar-refractivity contribution in [2.75, 3.05) is 72.5 Å². The number of benzene rings is 1. The van der Waals surface area contributed by atoms with Crippen LogP contribution in [0.4, 0.5) is 0 Å². The SMILES string of the molecule is Cc1[nH]n(-c2ccccc2)c(=O)c1C(=O)CN1CCOCCOCCOCCOCC1. The Hall–Kier alpha value is -2.30. The van der Waals surface area contributed by atoms with Gasteiger partial charge in [0.05, 0.1) is 65.1 Å². The number of ether oxygens (including phenoxy) is 4. The van der Waals surface area contributed by atoms with Gasteiger partial charge >= 0.3 is 0 Å². The first-order chi connectivity index (χ1) is 15.2. The molecule has 170 valence electrons. The fourth-order valence-corrected chi connectivity index (χ4v) is 3.34. The first kappa shape index (κ1) is 23.4. The van der Waals surface area contributed by atoms with E-state index in [-0.39, 0.29) is 23.5 Å². The number of rotatable bonds is 4. The largest absolute Gasteiger partial charge is 0.378 e. The molecule has 1 aromatic carbocycles. The summed E-state index contributed by atoms with van der Waals surface area (Å²) in [5, 5.41) is 3.01. The minimum atomic E-state index is -0.339. The van der Waals surface area contributed by atoms with Crippen molar-refractivity contribution in [3.05, 3.63) is 51.9 Å². The molecular formula is C22H31N3O6. The summed E-state index contributed by atoms with van der Waals surface area (Å²) in [7, 11) is 0. The van der Waals surface area contributed by atoms with Gasteiger partial charge in [-0.1, -0.05) is 18.2 Å². The lowest BCUT2D eigenvalue weighted by molar-refractivity contribution is 0.00206. The number of carbonyl (C=O) groups is 1. The Bertz CT molecular complexity index is 848. The molecule has 9 heteroatoms. The third-order valence-electron chi connectivity index (χ3n) is 4.95. The Balaban J connectivity index is 1.65. The summed E-state index contributed by atoms with van der Waals surface area (Å²) in [6.07, 6.45) is 0. The molecule has 0 aliphatic carbocycles. The highest BCUT2D eigenvalue weighted by Crippen LogP contribution is 2.08. The van der Waals surface area contributed by atoms with E-state index in [1.807, 2.05) is 35.2 Å². The number of nitrogens with zero attached hydrogens (tertiary/aromatic N) is 2. The molecule has 0 atom stereocenters. The molecule has 0 bridgehead atoms. The van der Waals surface area contributed by atoms with Crippen LogP contribution in [0.15, 0.2) is 35.1 Å². The summed E-state index contributed by atoms with van der Waals surface area (Å²) < 4.78 is 23.5. The summed E-state index contributed by atoms with van der Waals surface area (Å²) in [5.74, 6) is -0.224. The second kappa shape index (κ2) is 12.5. The number of aryl methyl sites for hydroxylation is 1. The summed E-state index contributed by atoms with van der Waals surface area (Å²) in [4.78, 5) is 27.9. The number of H-pyrrole nitrogens is 1. The molecule has 31 heavy (non-hydrogen) atoms. The smallest absolute Gasteiger partial charge is 0.282 e. The Labute approximate surface area is 181 Å². The van der Waals surface area contributed by atoms with Crippen molar-refractivity contribution in [2.24, 2.45) is 0 Å². The number of hydrogen-bond donors (Lipinski definition) is 1. The summed E-state index contributed by atoms with van der Waals surface area (Å²) in [5.41, 5.74) is 1.09. The van der Waals surface area contributed by atoms with Gasteiger partial charge in [-0.05, 0) is 19.1 Å². The molecule has 2 aromatic rings. The molecule has 1 N–H and O–H groups in total. The van der Waals surface area contributed by atoms with Gasteiger partial charge in [0.1, 0.15) is 5.56 Å². The number of Topliss-reactive ketones (excluding diaryl/α,β-unsaturated/α-hetero) is 1. The Morgan fingerprint density at radius 3 is 1.94 bits per heavy atom. The van der Waals surface area contributed by atoms with Gasteiger partial charge in [0.2, 0.25) is 0 Å². The highest BCUT2D eigenvalue weighted by Gasteiger charge is 2.21. The zero-order valence-corrected chi connectivity index (χ0v) is 18.0. The van der Waals surface area contributed by atoms with Crippen LogP contribution in [-0.2, 0) is 18.9 Å². The number of aromatic nitrogens is 2. The Morgan fingerprint density at radius 1 is 0.871 bits per heavy atom. The monoisotopic (exact) mass is 433 g/mol. The molecule has 0 spiro atoms. The van der Waals surface area contributed by atoms with Crippen LogP contribution in [0, 0.1) is 6.92 Å². The van der Waals surface area contributed by atoms with Crippen molar-refractivity contribution >= 4 is 5.78 Å². The Morgan fingerprint density at radius 2 is 1.39 bits per heavy atom. The second-order valence-electron chi connectivity index (χ2n) is 7.24. The van der Waals surface area contributed by atoms with E-state index in [2.05, 4.69) is 5.10 Å². The van der Waals surface area contributed by atoms with Gasteiger partial charge in [0.25, 0.3) is 5.56 Å². The first-order valence-electron chi connectivity index (χ1n) is 10.6. The van der Waals surface area contributed by atoms with Crippen LogP contribution in [0.5, 0.6) is 0 Å². The summed E-state index contributed by atoms with van der Waals surface area (Å²) in [6.45, 7) is 6.93. The third-order valence-corrected chi connectivity index (χ3v) is 4.95. The maximum Gasteiger partial charge on any atom is 0.282 e. The van der Waals surface area contributed by atoms with Crippen LogP contribution in [0.2, 0.25) is 0 Å². The van der Waals surface area contributed by atoms with Crippen molar-refractivity contribution in [2.45, 2.75) is 6.92 Å². The lowest BCUT2D eigenvalue weighted by atomic mass is 10.1. The van der Waals surface area contributed by atoms with Crippen LogP contribution in [-0.4, -0.2) is 93.0 Å². The quantitative estimate of drug-likeness (QED) is 0.720. The van der Waals surface area contributed by atoms with E-state index in [0.29, 0.717) is 77.3 Å². The molecule has 0 saturated carbocycles. The van der Waals surface area contributed by atoms with Gasteiger partial charge in [-0.15, -0.1) is 0 Å². The van der Waals surface area contributed by atoms with E-state index in [9.17, 15) is 9.59 Å². The lowest BCUT2D eigenvalue weighted by Crippen LogP contribution is -2.37. The Kier molecular flexibility index (Phi) is 9.44. The zero-order chi connectivity index (χ0) is 21.9. The van der Waals surface area contributed by atoms with E-state index in [4.69, 9.17) is 18.9 Å². The maximum absolute atomic E-state index is 13.0. The number of para-hydroxylation sites is 1. The molecule has 1 fully saturated rings. The maximum atomic E-state index is 13.0. The van der Waals surface area contributed by atoms with Gasteiger partial charge in [-0.2, -0.15) is 0 Å². The molecule has 3 rings (SSSR count). The van der Waals surface area contributed by atoms with E-state index >= 15 is 0 Å². The van der Waals surface area contributed by atoms with Crippen LogP contribution < -0.4 is 5.56 Å². The third kappa shape index (κ3) is 7.12. The number of nitrogens with one attached hydrogen (secondary N) is 1. The standard InChI is InChI=1S/C22H31N3O6/c1-18-21(22(27)25(23-18)19-5-3-2-4-6-19)20(26)17-24-7-9-28-11-13-30-15-16-31-14-12-29-10-8-24/h2-6,23H,7-17H2,1H3. The normalized spacial score (nSPS) is 18.2. The van der Waals surface area contributed by atoms with Crippen molar-refractivity contribution < 1.29 is 23.7 Å². The number of hydrogen-bond acceptors (Lipinski definition) is 7. The molecule has 1 saturated heterocycles. The predicted molar refractivity (Wildman–Crippen MR) is 115 cm³/mol. The van der Waals surface area contributed by atoms with Crippen LogP contribution in [0.1, 0.15) is 16.1 Å². The molecular weight excluding hydrogens is 402 g/mol. The molecule has 0 radical (unpaired) electrons. The van der Waals surface area contributed by atoms with Gasteiger partial charge in [-0.25, -0.2) is 4.68 Å². The fraction of sp³-hybridized carbons (Fsp3) is 0.545. The lowest BCUT2D eigenvalue weighted by Gasteiger charge is -2.21. The molecule has 0 unspecified atom stereocenters. The minimum Gasteiger partial charge on any atom is -0.378 e.